The second-order valence-corrected chi connectivity index (χ2v) is 7.47. The van der Waals surface area contributed by atoms with Gasteiger partial charge in [-0.05, 0) is 49.9 Å². The van der Waals surface area contributed by atoms with E-state index in [0.29, 0.717) is 18.0 Å². The Kier molecular flexibility index (Phi) is 4.52. The molecule has 1 aromatic heterocycles. The molecule has 132 valence electrons. The molecule has 1 aromatic carbocycles. The van der Waals surface area contributed by atoms with Crippen molar-refractivity contribution in [3.63, 3.8) is 0 Å². The number of aromatic nitrogens is 1. The number of fused-ring (bicyclic) bond motifs is 3. The van der Waals surface area contributed by atoms with Crippen molar-refractivity contribution in [2.75, 3.05) is 5.32 Å². The Hall–Kier alpha value is -2.40. The number of carbonyl (C=O) groups is 1. The highest BCUT2D eigenvalue weighted by Gasteiger charge is 2.32. The Morgan fingerprint density at radius 3 is 2.76 bits per heavy atom. The zero-order valence-corrected chi connectivity index (χ0v) is 15.2. The number of nitrogens with zero attached hydrogens (tertiary/aromatic N) is 1. The lowest BCUT2D eigenvalue weighted by atomic mass is 9.88. The van der Waals surface area contributed by atoms with Gasteiger partial charge in [-0.25, -0.2) is 0 Å². The molecule has 3 N–H and O–H groups in total. The van der Waals surface area contributed by atoms with E-state index in [1.54, 1.807) is 6.20 Å². The van der Waals surface area contributed by atoms with Gasteiger partial charge in [0, 0.05) is 35.3 Å². The largest absolute Gasteiger partial charge is 0.482 e. The fourth-order valence-electron chi connectivity index (χ4n) is 3.20. The first-order valence-electron chi connectivity index (χ1n) is 8.62. The number of rotatable bonds is 4. The number of pyridine rings is 1. The lowest BCUT2D eigenvalue weighted by Gasteiger charge is -2.34. The Balaban J connectivity index is 1.88. The van der Waals surface area contributed by atoms with Crippen LogP contribution in [0.5, 0.6) is 5.75 Å². The highest BCUT2D eigenvalue weighted by atomic mass is 16.5. The maximum absolute atomic E-state index is 12.3. The normalized spacial score (nSPS) is 15.8. The summed E-state index contributed by atoms with van der Waals surface area (Å²) in [6, 6.07) is 7.19. The first-order valence-corrected chi connectivity index (χ1v) is 8.62. The summed E-state index contributed by atoms with van der Waals surface area (Å²) in [5, 5.41) is 2.89. The highest BCUT2D eigenvalue weighted by molar-refractivity contribution is 5.95. The zero-order chi connectivity index (χ0) is 18.2. The molecule has 0 spiro atoms. The second-order valence-electron chi connectivity index (χ2n) is 7.47. The first-order chi connectivity index (χ1) is 11.8. The minimum Gasteiger partial charge on any atom is -0.482 e. The fraction of sp³-hybridized carbons (Fsp3) is 0.400. The molecule has 0 radical (unpaired) electrons. The van der Waals surface area contributed by atoms with E-state index in [-0.39, 0.29) is 5.91 Å². The minimum atomic E-state index is -0.514. The van der Waals surface area contributed by atoms with Crippen molar-refractivity contribution in [3.8, 4) is 16.9 Å². The fourth-order valence-corrected chi connectivity index (χ4v) is 3.20. The van der Waals surface area contributed by atoms with Crippen LogP contribution in [-0.4, -0.2) is 16.9 Å². The SMILES string of the molecule is CC(C)CC(N)C(=O)Nc1ccc2c(c1)OC(C)(C)c1cnccc1-2. The van der Waals surface area contributed by atoms with Crippen LogP contribution in [0.25, 0.3) is 11.1 Å². The summed E-state index contributed by atoms with van der Waals surface area (Å²) >= 11 is 0. The average molecular weight is 339 g/mol. The summed E-state index contributed by atoms with van der Waals surface area (Å²) < 4.78 is 6.17. The van der Waals surface area contributed by atoms with Gasteiger partial charge < -0.3 is 15.8 Å². The van der Waals surface area contributed by atoms with Crippen molar-refractivity contribution in [2.24, 2.45) is 11.7 Å². The van der Waals surface area contributed by atoms with Crippen LogP contribution in [0.15, 0.2) is 36.7 Å². The van der Waals surface area contributed by atoms with E-state index in [4.69, 9.17) is 10.5 Å². The third kappa shape index (κ3) is 3.51. The molecule has 1 atom stereocenters. The molecular formula is C20H25N3O2. The van der Waals surface area contributed by atoms with E-state index in [2.05, 4.69) is 10.3 Å². The van der Waals surface area contributed by atoms with E-state index < -0.39 is 11.6 Å². The smallest absolute Gasteiger partial charge is 0.241 e. The van der Waals surface area contributed by atoms with Crippen molar-refractivity contribution in [1.82, 2.24) is 4.98 Å². The van der Waals surface area contributed by atoms with E-state index in [9.17, 15) is 4.79 Å². The molecule has 3 rings (SSSR count). The molecule has 1 unspecified atom stereocenters. The number of hydrogen-bond acceptors (Lipinski definition) is 4. The minimum absolute atomic E-state index is 0.173. The van der Waals surface area contributed by atoms with Crippen LogP contribution in [0, 0.1) is 5.92 Å². The van der Waals surface area contributed by atoms with Crippen LogP contribution in [0.2, 0.25) is 0 Å². The van der Waals surface area contributed by atoms with Gasteiger partial charge in [0.1, 0.15) is 11.4 Å². The Morgan fingerprint density at radius 2 is 2.04 bits per heavy atom. The molecule has 0 saturated carbocycles. The van der Waals surface area contributed by atoms with E-state index in [1.165, 1.54) is 0 Å². The molecule has 0 saturated heterocycles. The number of hydrogen-bond donors (Lipinski definition) is 2. The zero-order valence-electron chi connectivity index (χ0n) is 15.2. The lowest BCUT2D eigenvalue weighted by Crippen LogP contribution is -2.36. The number of nitrogens with one attached hydrogen (secondary N) is 1. The van der Waals surface area contributed by atoms with Crippen LogP contribution < -0.4 is 15.8 Å². The van der Waals surface area contributed by atoms with Gasteiger partial charge in [0.05, 0.1) is 6.04 Å². The molecule has 5 nitrogen and oxygen atoms in total. The molecular weight excluding hydrogens is 314 g/mol. The third-order valence-electron chi connectivity index (χ3n) is 4.44. The maximum atomic E-state index is 12.3. The van der Waals surface area contributed by atoms with Gasteiger partial charge in [-0.15, -0.1) is 0 Å². The van der Waals surface area contributed by atoms with Gasteiger partial charge in [-0.3, -0.25) is 9.78 Å². The third-order valence-corrected chi connectivity index (χ3v) is 4.44. The van der Waals surface area contributed by atoms with Crippen LogP contribution in [0.4, 0.5) is 5.69 Å². The molecule has 1 amide bonds. The van der Waals surface area contributed by atoms with Crippen LogP contribution >= 0.6 is 0 Å². The summed E-state index contributed by atoms with van der Waals surface area (Å²) in [4.78, 5) is 16.5. The summed E-state index contributed by atoms with van der Waals surface area (Å²) in [6.45, 7) is 8.13. The van der Waals surface area contributed by atoms with Gasteiger partial charge in [-0.2, -0.15) is 0 Å². The van der Waals surface area contributed by atoms with Crippen molar-refractivity contribution in [2.45, 2.75) is 45.8 Å². The summed E-state index contributed by atoms with van der Waals surface area (Å²) in [5.74, 6) is 0.950. The van der Waals surface area contributed by atoms with Gasteiger partial charge in [0.2, 0.25) is 5.91 Å². The number of amides is 1. The number of carbonyl (C=O) groups excluding carboxylic acids is 1. The van der Waals surface area contributed by atoms with E-state index in [1.807, 2.05) is 58.2 Å². The number of anilines is 1. The summed E-state index contributed by atoms with van der Waals surface area (Å²) in [5.41, 5.74) is 9.33. The van der Waals surface area contributed by atoms with Gasteiger partial charge in [0.15, 0.2) is 0 Å². The monoisotopic (exact) mass is 339 g/mol. The average Bonchev–Trinajstić information content (AvgIpc) is 2.53. The summed E-state index contributed by atoms with van der Waals surface area (Å²) in [6.07, 6.45) is 4.28. The number of ether oxygens (including phenoxy) is 1. The van der Waals surface area contributed by atoms with E-state index in [0.717, 1.165) is 22.4 Å². The van der Waals surface area contributed by atoms with Crippen molar-refractivity contribution >= 4 is 11.6 Å². The topological polar surface area (TPSA) is 77.2 Å². The second kappa shape index (κ2) is 6.48. The maximum Gasteiger partial charge on any atom is 0.241 e. The molecule has 2 aromatic rings. The number of benzene rings is 1. The van der Waals surface area contributed by atoms with Crippen molar-refractivity contribution in [1.29, 1.82) is 0 Å². The quantitative estimate of drug-likeness (QED) is 0.890. The van der Waals surface area contributed by atoms with Gasteiger partial charge in [-0.1, -0.05) is 13.8 Å². The Morgan fingerprint density at radius 1 is 1.28 bits per heavy atom. The molecule has 1 aliphatic rings. The Bertz CT molecular complexity index is 799. The van der Waals surface area contributed by atoms with Crippen LogP contribution in [-0.2, 0) is 10.4 Å². The standard InChI is InChI=1S/C20H25N3O2/c1-12(2)9-17(21)19(24)23-13-5-6-15-14-7-8-22-11-16(14)20(3,4)25-18(15)10-13/h5-8,10-12,17H,9,21H2,1-4H3,(H,23,24). The number of nitrogens with two attached hydrogens (primary N) is 1. The van der Waals surface area contributed by atoms with Crippen LogP contribution in [0.3, 0.4) is 0 Å². The van der Waals surface area contributed by atoms with Gasteiger partial charge in [0.25, 0.3) is 0 Å². The van der Waals surface area contributed by atoms with Gasteiger partial charge >= 0.3 is 0 Å². The molecule has 0 aliphatic carbocycles. The molecule has 0 bridgehead atoms. The predicted molar refractivity (Wildman–Crippen MR) is 99.4 cm³/mol. The Labute approximate surface area is 148 Å². The van der Waals surface area contributed by atoms with E-state index >= 15 is 0 Å². The lowest BCUT2D eigenvalue weighted by molar-refractivity contribution is -0.117. The first kappa shape index (κ1) is 17.4. The van der Waals surface area contributed by atoms with Crippen LogP contribution in [0.1, 0.15) is 39.7 Å². The van der Waals surface area contributed by atoms with Crippen molar-refractivity contribution in [3.05, 3.63) is 42.2 Å². The summed E-state index contributed by atoms with van der Waals surface area (Å²) in [7, 11) is 0. The molecule has 25 heavy (non-hydrogen) atoms. The predicted octanol–water partition coefficient (Wildman–Crippen LogP) is 3.69. The molecule has 0 fully saturated rings. The molecule has 2 heterocycles. The van der Waals surface area contributed by atoms with Crippen molar-refractivity contribution < 1.29 is 9.53 Å². The molecule has 5 heteroatoms. The highest BCUT2D eigenvalue weighted by Crippen LogP contribution is 2.45. The molecule has 1 aliphatic heterocycles.